The molecule has 1 amide bonds. The van der Waals surface area contributed by atoms with E-state index in [-0.39, 0.29) is 32.1 Å². The summed E-state index contributed by atoms with van der Waals surface area (Å²) in [6.07, 6.45) is 3.95. The lowest BCUT2D eigenvalue weighted by Crippen LogP contribution is -2.50. The van der Waals surface area contributed by atoms with E-state index in [1.807, 2.05) is 24.3 Å². The van der Waals surface area contributed by atoms with Crippen molar-refractivity contribution in [2.45, 2.75) is 18.3 Å². The average Bonchev–Trinajstić information content (AvgIpc) is 3.63. The van der Waals surface area contributed by atoms with Gasteiger partial charge in [0.1, 0.15) is 5.82 Å². The molecule has 7 nitrogen and oxygen atoms in total. The van der Waals surface area contributed by atoms with Crippen LogP contribution in [0, 0.1) is 17.1 Å². The summed E-state index contributed by atoms with van der Waals surface area (Å²) in [6, 6.07) is 14.4. The Morgan fingerprint density at radius 2 is 1.82 bits per heavy atom. The molecule has 1 aliphatic heterocycles. The lowest BCUT2D eigenvalue weighted by atomic mass is 9.91. The van der Waals surface area contributed by atoms with Crippen LogP contribution < -0.4 is 0 Å². The van der Waals surface area contributed by atoms with Gasteiger partial charge < -0.3 is 4.90 Å². The zero-order chi connectivity index (χ0) is 24.1. The van der Waals surface area contributed by atoms with Gasteiger partial charge in [-0.3, -0.25) is 9.78 Å². The topological polar surface area (TPSA) is 94.4 Å². The van der Waals surface area contributed by atoms with Crippen molar-refractivity contribution in [3.8, 4) is 17.2 Å². The number of nitriles is 1. The van der Waals surface area contributed by atoms with Gasteiger partial charge in [-0.05, 0) is 30.5 Å². The summed E-state index contributed by atoms with van der Waals surface area (Å²) in [5, 5.41) is 10.2. The zero-order valence-corrected chi connectivity index (χ0v) is 19.5. The predicted octanol–water partition coefficient (Wildman–Crippen LogP) is 3.31. The number of carbonyl (C=O) groups excluding carboxylic acids is 1. The number of nitrogens with zero attached hydrogens (tertiary/aromatic N) is 4. The van der Waals surface area contributed by atoms with Crippen molar-refractivity contribution in [2.75, 3.05) is 32.4 Å². The quantitative estimate of drug-likeness (QED) is 0.573. The molecule has 34 heavy (non-hydrogen) atoms. The van der Waals surface area contributed by atoms with E-state index >= 15 is 4.39 Å². The maximum atomic E-state index is 15.2. The Morgan fingerprint density at radius 1 is 1.12 bits per heavy atom. The number of hydrogen-bond donors (Lipinski definition) is 0. The Labute approximate surface area is 197 Å². The van der Waals surface area contributed by atoms with E-state index in [1.54, 1.807) is 17.0 Å². The Hall–Kier alpha value is -3.35. The van der Waals surface area contributed by atoms with Crippen molar-refractivity contribution in [1.82, 2.24) is 14.2 Å². The summed E-state index contributed by atoms with van der Waals surface area (Å²) in [5.74, 6) is -0.737. The second-order valence-electron chi connectivity index (χ2n) is 8.91. The van der Waals surface area contributed by atoms with Gasteiger partial charge in [0, 0.05) is 48.9 Å². The monoisotopic (exact) mass is 478 g/mol. The third kappa shape index (κ3) is 3.83. The van der Waals surface area contributed by atoms with E-state index < -0.39 is 21.3 Å². The van der Waals surface area contributed by atoms with Gasteiger partial charge >= 0.3 is 0 Å². The van der Waals surface area contributed by atoms with E-state index in [2.05, 4.69) is 11.1 Å². The second-order valence-corrected chi connectivity index (χ2v) is 10.9. The van der Waals surface area contributed by atoms with Crippen molar-refractivity contribution >= 4 is 26.8 Å². The van der Waals surface area contributed by atoms with E-state index in [4.69, 9.17) is 0 Å². The first kappa shape index (κ1) is 22.4. The van der Waals surface area contributed by atoms with Crippen LogP contribution in [0.15, 0.2) is 48.7 Å². The standard InChI is InChI=1S/C25H23FN4O3S/c1-34(32,33)30-12-10-29(11-13-30)24(31)19-15-28-22-5-3-2-4-18(22)23(19)17-6-7-20(21(26)14-17)25(16-27)8-9-25/h2-7,14-15H,8-13H2,1H3. The highest BCUT2D eigenvalue weighted by Gasteiger charge is 2.46. The Kier molecular flexibility index (Phi) is 5.38. The van der Waals surface area contributed by atoms with Crippen molar-refractivity contribution in [2.24, 2.45) is 0 Å². The fraction of sp³-hybridized carbons (Fsp3) is 0.320. The summed E-state index contributed by atoms with van der Waals surface area (Å²) in [5.41, 5.74) is 1.76. The van der Waals surface area contributed by atoms with Crippen LogP contribution in [0.5, 0.6) is 0 Å². The van der Waals surface area contributed by atoms with Crippen molar-refractivity contribution < 1.29 is 17.6 Å². The Morgan fingerprint density at radius 3 is 2.44 bits per heavy atom. The number of fused-ring (bicyclic) bond motifs is 1. The van der Waals surface area contributed by atoms with Crippen LogP contribution in [-0.2, 0) is 15.4 Å². The lowest BCUT2D eigenvalue weighted by molar-refractivity contribution is 0.0699. The van der Waals surface area contributed by atoms with E-state index in [0.717, 1.165) is 11.6 Å². The van der Waals surface area contributed by atoms with Gasteiger partial charge in [-0.15, -0.1) is 0 Å². The minimum atomic E-state index is -3.32. The maximum absolute atomic E-state index is 15.2. The normalized spacial score (nSPS) is 18.0. The summed E-state index contributed by atoms with van der Waals surface area (Å²) < 4.78 is 40.2. The first-order chi connectivity index (χ1) is 16.2. The third-order valence-corrected chi connectivity index (χ3v) is 8.04. The first-order valence-corrected chi connectivity index (χ1v) is 12.9. The van der Waals surface area contributed by atoms with Gasteiger partial charge in [0.25, 0.3) is 5.91 Å². The number of amides is 1. The van der Waals surface area contributed by atoms with Crippen LogP contribution in [0.1, 0.15) is 28.8 Å². The molecule has 174 valence electrons. The molecule has 9 heteroatoms. The number of sulfonamides is 1. The number of hydrogen-bond acceptors (Lipinski definition) is 5. The van der Waals surface area contributed by atoms with Crippen LogP contribution in [0.2, 0.25) is 0 Å². The molecule has 2 fully saturated rings. The lowest BCUT2D eigenvalue weighted by Gasteiger charge is -2.33. The third-order valence-electron chi connectivity index (χ3n) is 6.74. The van der Waals surface area contributed by atoms with E-state index in [9.17, 15) is 18.5 Å². The SMILES string of the molecule is CS(=O)(=O)N1CCN(C(=O)c2cnc3ccccc3c2-c2ccc(C3(C#N)CC3)c(F)c2)CC1. The molecule has 5 rings (SSSR count). The molecule has 1 aromatic heterocycles. The first-order valence-electron chi connectivity index (χ1n) is 11.1. The van der Waals surface area contributed by atoms with Crippen molar-refractivity contribution in [1.29, 1.82) is 5.26 Å². The van der Waals surface area contributed by atoms with Crippen LogP contribution in [-0.4, -0.2) is 60.9 Å². The van der Waals surface area contributed by atoms with Gasteiger partial charge in [-0.1, -0.05) is 30.3 Å². The van der Waals surface area contributed by atoms with Crippen LogP contribution >= 0.6 is 0 Å². The fourth-order valence-corrected chi connectivity index (χ4v) is 5.46. The summed E-state index contributed by atoms with van der Waals surface area (Å²) in [7, 11) is -3.32. The molecule has 0 unspecified atom stereocenters. The number of carbonyl (C=O) groups is 1. The highest BCUT2D eigenvalue weighted by atomic mass is 32.2. The van der Waals surface area contributed by atoms with Gasteiger partial charge in [0.15, 0.2) is 0 Å². The minimum absolute atomic E-state index is 0.223. The van der Waals surface area contributed by atoms with Crippen molar-refractivity contribution in [3.05, 3.63) is 65.6 Å². The molecule has 0 spiro atoms. The molecule has 0 atom stereocenters. The van der Waals surface area contributed by atoms with Gasteiger partial charge in [0.2, 0.25) is 10.0 Å². The largest absolute Gasteiger partial charge is 0.336 e. The molecule has 3 aromatic rings. The highest BCUT2D eigenvalue weighted by molar-refractivity contribution is 7.88. The van der Waals surface area contributed by atoms with Crippen LogP contribution in [0.4, 0.5) is 4.39 Å². The number of rotatable bonds is 4. The summed E-state index contributed by atoms with van der Waals surface area (Å²) in [6.45, 7) is 0.966. The second kappa shape index (κ2) is 8.15. The zero-order valence-electron chi connectivity index (χ0n) is 18.7. The average molecular weight is 479 g/mol. The molecule has 2 aromatic carbocycles. The molecular formula is C25H23FN4O3S. The number of benzene rings is 2. The molecule has 0 N–H and O–H groups in total. The molecule has 2 aliphatic rings. The van der Waals surface area contributed by atoms with E-state index in [0.29, 0.717) is 40.6 Å². The summed E-state index contributed by atoms with van der Waals surface area (Å²) >= 11 is 0. The smallest absolute Gasteiger partial charge is 0.256 e. The summed E-state index contributed by atoms with van der Waals surface area (Å²) in [4.78, 5) is 19.6. The van der Waals surface area contributed by atoms with Gasteiger partial charge in [-0.25, -0.2) is 12.8 Å². The fourth-order valence-electron chi connectivity index (χ4n) is 4.63. The molecule has 2 heterocycles. The number of piperazine rings is 1. The molecular weight excluding hydrogens is 455 g/mol. The van der Waals surface area contributed by atoms with Crippen molar-refractivity contribution in [3.63, 3.8) is 0 Å². The molecule has 1 saturated heterocycles. The number of pyridine rings is 1. The Bertz CT molecular complexity index is 1450. The Balaban J connectivity index is 1.57. The predicted molar refractivity (Wildman–Crippen MR) is 126 cm³/mol. The minimum Gasteiger partial charge on any atom is -0.336 e. The van der Waals surface area contributed by atoms with Crippen LogP contribution in [0.25, 0.3) is 22.0 Å². The number of para-hydroxylation sites is 1. The molecule has 0 radical (unpaired) electrons. The molecule has 1 aliphatic carbocycles. The molecule has 0 bridgehead atoms. The number of halogens is 1. The molecule has 1 saturated carbocycles. The number of aromatic nitrogens is 1. The van der Waals surface area contributed by atoms with Gasteiger partial charge in [-0.2, -0.15) is 9.57 Å². The highest BCUT2D eigenvalue weighted by Crippen LogP contribution is 2.49. The van der Waals surface area contributed by atoms with Gasteiger partial charge in [0.05, 0.1) is 28.8 Å². The van der Waals surface area contributed by atoms with Crippen LogP contribution in [0.3, 0.4) is 0 Å². The maximum Gasteiger partial charge on any atom is 0.256 e. The van der Waals surface area contributed by atoms with E-state index in [1.165, 1.54) is 16.6 Å².